The lowest BCUT2D eigenvalue weighted by molar-refractivity contribution is 0.296. The number of benzene rings is 1. The van der Waals surface area contributed by atoms with Crippen LogP contribution in [0.3, 0.4) is 0 Å². The molecule has 0 saturated heterocycles. The minimum atomic E-state index is 0.500. The summed E-state index contributed by atoms with van der Waals surface area (Å²) in [4.78, 5) is 0. The van der Waals surface area contributed by atoms with Crippen molar-refractivity contribution >= 4 is 22.0 Å². The van der Waals surface area contributed by atoms with Gasteiger partial charge in [-0.3, -0.25) is 0 Å². The van der Waals surface area contributed by atoms with Crippen LogP contribution in [0.1, 0.15) is 25.8 Å². The van der Waals surface area contributed by atoms with E-state index in [4.69, 9.17) is 9.47 Å². The lowest BCUT2D eigenvalue weighted by Crippen LogP contribution is -2.22. The van der Waals surface area contributed by atoms with Crippen molar-refractivity contribution in [2.24, 2.45) is 0 Å². The molecule has 0 aromatic heterocycles. The maximum Gasteiger partial charge on any atom is 0.175 e. The van der Waals surface area contributed by atoms with Crippen LogP contribution >= 0.6 is 15.9 Å². The second-order valence-electron chi connectivity index (χ2n) is 4.85. The molecule has 0 amide bonds. The molecular formula is C15H20BrNO2. The summed E-state index contributed by atoms with van der Waals surface area (Å²) in [5, 5.41) is 3.35. The van der Waals surface area contributed by atoms with E-state index in [2.05, 4.69) is 53.3 Å². The van der Waals surface area contributed by atoms with Gasteiger partial charge in [0.05, 0.1) is 17.7 Å². The predicted octanol–water partition coefficient (Wildman–Crippen LogP) is 3.62. The van der Waals surface area contributed by atoms with E-state index in [9.17, 15) is 0 Å². The highest BCUT2D eigenvalue weighted by Crippen LogP contribution is 2.38. The third kappa shape index (κ3) is 4.25. The first-order chi connectivity index (χ1) is 9.16. The lowest BCUT2D eigenvalue weighted by Gasteiger charge is -2.10. The fraction of sp³-hybridized carbons (Fsp3) is 0.467. The summed E-state index contributed by atoms with van der Waals surface area (Å²) >= 11 is 3.55. The summed E-state index contributed by atoms with van der Waals surface area (Å²) < 4.78 is 12.3. The number of halogens is 1. The highest BCUT2D eigenvalue weighted by Gasteiger charge is 2.14. The molecule has 19 heavy (non-hydrogen) atoms. The minimum absolute atomic E-state index is 0.500. The number of ether oxygens (including phenoxy) is 2. The van der Waals surface area contributed by atoms with E-state index in [1.165, 1.54) is 0 Å². The quantitative estimate of drug-likeness (QED) is 0.917. The van der Waals surface area contributed by atoms with Crippen molar-refractivity contribution in [3.8, 4) is 11.5 Å². The van der Waals surface area contributed by atoms with Crippen LogP contribution in [0.25, 0.3) is 6.08 Å². The van der Waals surface area contributed by atoms with Gasteiger partial charge in [-0.1, -0.05) is 26.0 Å². The van der Waals surface area contributed by atoms with Gasteiger partial charge < -0.3 is 14.8 Å². The second-order valence-corrected chi connectivity index (χ2v) is 5.70. The van der Waals surface area contributed by atoms with E-state index in [0.717, 1.165) is 34.5 Å². The lowest BCUT2D eigenvalue weighted by atomic mass is 10.2. The average Bonchev–Trinajstić information content (AvgIpc) is 2.60. The van der Waals surface area contributed by atoms with E-state index in [0.29, 0.717) is 19.3 Å². The number of hydrogen-bond acceptors (Lipinski definition) is 3. The van der Waals surface area contributed by atoms with Gasteiger partial charge in [-0.25, -0.2) is 0 Å². The molecule has 1 aromatic rings. The summed E-state index contributed by atoms with van der Waals surface area (Å²) in [7, 11) is 0. The average molecular weight is 326 g/mol. The molecule has 2 rings (SSSR count). The maximum absolute atomic E-state index is 5.71. The van der Waals surface area contributed by atoms with Crippen molar-refractivity contribution in [2.75, 3.05) is 19.8 Å². The van der Waals surface area contributed by atoms with E-state index < -0.39 is 0 Å². The highest BCUT2D eigenvalue weighted by molar-refractivity contribution is 9.10. The van der Waals surface area contributed by atoms with Crippen LogP contribution in [-0.2, 0) is 0 Å². The molecular weight excluding hydrogens is 306 g/mol. The van der Waals surface area contributed by atoms with Crippen LogP contribution in [0.4, 0.5) is 0 Å². The molecule has 0 spiro atoms. The van der Waals surface area contributed by atoms with Crippen LogP contribution in [0, 0.1) is 0 Å². The summed E-state index contributed by atoms with van der Waals surface area (Å²) in [6.07, 6.45) is 5.13. The Morgan fingerprint density at radius 2 is 2.11 bits per heavy atom. The van der Waals surface area contributed by atoms with Gasteiger partial charge >= 0.3 is 0 Å². The minimum Gasteiger partial charge on any atom is -0.489 e. The summed E-state index contributed by atoms with van der Waals surface area (Å²) in [5.74, 6) is 1.64. The SMILES string of the molecule is CC(C)NCC=Cc1cc(Br)c2c(c1)OCCCO2. The van der Waals surface area contributed by atoms with Gasteiger partial charge in [-0.2, -0.15) is 0 Å². The zero-order valence-electron chi connectivity index (χ0n) is 11.4. The first-order valence-electron chi connectivity index (χ1n) is 6.66. The molecule has 1 aliphatic heterocycles. The number of fused-ring (bicyclic) bond motifs is 1. The zero-order chi connectivity index (χ0) is 13.7. The van der Waals surface area contributed by atoms with Crippen LogP contribution in [0.2, 0.25) is 0 Å². The van der Waals surface area contributed by atoms with E-state index in [1.54, 1.807) is 0 Å². The molecule has 0 radical (unpaired) electrons. The molecule has 1 N–H and O–H groups in total. The summed E-state index contributed by atoms with van der Waals surface area (Å²) in [5.41, 5.74) is 1.11. The van der Waals surface area contributed by atoms with Gasteiger partial charge in [0, 0.05) is 19.0 Å². The molecule has 3 nitrogen and oxygen atoms in total. The monoisotopic (exact) mass is 325 g/mol. The van der Waals surface area contributed by atoms with Crippen LogP contribution in [-0.4, -0.2) is 25.8 Å². The van der Waals surface area contributed by atoms with Crippen LogP contribution < -0.4 is 14.8 Å². The van der Waals surface area contributed by atoms with Gasteiger partial charge in [-0.05, 0) is 33.6 Å². The van der Waals surface area contributed by atoms with Gasteiger partial charge in [0.2, 0.25) is 0 Å². The van der Waals surface area contributed by atoms with Crippen molar-refractivity contribution in [2.45, 2.75) is 26.3 Å². The topological polar surface area (TPSA) is 30.5 Å². The molecule has 0 bridgehead atoms. The van der Waals surface area contributed by atoms with Gasteiger partial charge in [0.15, 0.2) is 11.5 Å². The second kappa shape index (κ2) is 6.96. The van der Waals surface area contributed by atoms with E-state index in [1.807, 2.05) is 6.07 Å². The van der Waals surface area contributed by atoms with E-state index >= 15 is 0 Å². The van der Waals surface area contributed by atoms with Gasteiger partial charge in [0.1, 0.15) is 0 Å². The fourth-order valence-electron chi connectivity index (χ4n) is 1.85. The molecule has 0 saturated carbocycles. The normalized spacial score (nSPS) is 14.9. The standard InChI is InChI=1S/C15H20BrNO2/c1-11(2)17-6-3-5-12-9-13(16)15-14(10-12)18-7-4-8-19-15/h3,5,9-11,17H,4,6-8H2,1-2H3. The van der Waals surface area contributed by atoms with Crippen molar-refractivity contribution < 1.29 is 9.47 Å². The maximum atomic E-state index is 5.71. The largest absolute Gasteiger partial charge is 0.489 e. The van der Waals surface area contributed by atoms with Crippen LogP contribution in [0.15, 0.2) is 22.7 Å². The van der Waals surface area contributed by atoms with Crippen molar-refractivity contribution in [1.82, 2.24) is 5.32 Å². The first-order valence-corrected chi connectivity index (χ1v) is 7.45. The zero-order valence-corrected chi connectivity index (χ0v) is 13.0. The van der Waals surface area contributed by atoms with Gasteiger partial charge in [0.25, 0.3) is 0 Å². The van der Waals surface area contributed by atoms with Gasteiger partial charge in [-0.15, -0.1) is 0 Å². The molecule has 104 valence electrons. The number of nitrogens with one attached hydrogen (secondary N) is 1. The smallest absolute Gasteiger partial charge is 0.175 e. The Labute approximate surface area is 123 Å². The Hall–Kier alpha value is -1.00. The number of rotatable bonds is 4. The molecule has 1 aromatic carbocycles. The third-order valence-electron chi connectivity index (χ3n) is 2.78. The summed E-state index contributed by atoms with van der Waals surface area (Å²) in [6, 6.07) is 4.58. The Morgan fingerprint density at radius 3 is 2.89 bits per heavy atom. The first kappa shape index (κ1) is 14.4. The molecule has 0 unspecified atom stereocenters. The van der Waals surface area contributed by atoms with Crippen molar-refractivity contribution in [3.05, 3.63) is 28.2 Å². The molecule has 0 fully saturated rings. The Bertz CT molecular complexity index is 458. The third-order valence-corrected chi connectivity index (χ3v) is 3.37. The van der Waals surface area contributed by atoms with Crippen LogP contribution in [0.5, 0.6) is 11.5 Å². The molecule has 0 aliphatic carbocycles. The molecule has 0 atom stereocenters. The molecule has 4 heteroatoms. The Balaban J connectivity index is 2.10. The molecule has 1 heterocycles. The van der Waals surface area contributed by atoms with E-state index in [-0.39, 0.29) is 0 Å². The fourth-order valence-corrected chi connectivity index (χ4v) is 2.42. The predicted molar refractivity (Wildman–Crippen MR) is 81.9 cm³/mol. The van der Waals surface area contributed by atoms with Crippen molar-refractivity contribution in [3.63, 3.8) is 0 Å². The van der Waals surface area contributed by atoms with Crippen molar-refractivity contribution in [1.29, 1.82) is 0 Å². The number of hydrogen-bond donors (Lipinski definition) is 1. The highest BCUT2D eigenvalue weighted by atomic mass is 79.9. The Kier molecular flexibility index (Phi) is 5.28. The summed E-state index contributed by atoms with van der Waals surface area (Å²) in [6.45, 7) is 6.56. The Morgan fingerprint density at radius 1 is 1.32 bits per heavy atom. The molecule has 1 aliphatic rings.